The third kappa shape index (κ3) is 2.06. The van der Waals surface area contributed by atoms with Crippen molar-refractivity contribution in [3.63, 3.8) is 0 Å². The van der Waals surface area contributed by atoms with E-state index >= 15 is 0 Å². The molecule has 1 aliphatic carbocycles. The quantitative estimate of drug-likeness (QED) is 0.897. The topological polar surface area (TPSA) is 24.9 Å². The van der Waals surface area contributed by atoms with Crippen LogP contribution in [0.1, 0.15) is 17.9 Å². The molecule has 0 saturated heterocycles. The van der Waals surface area contributed by atoms with Crippen LogP contribution in [0.15, 0.2) is 35.7 Å². The molecule has 82 valence electrons. The first-order valence-corrected chi connectivity index (χ1v) is 6.51. The number of halogens is 1. The molecule has 16 heavy (non-hydrogen) atoms. The highest BCUT2D eigenvalue weighted by molar-refractivity contribution is 7.14. The van der Waals surface area contributed by atoms with Gasteiger partial charge in [0.15, 0.2) is 5.13 Å². The number of thiazole rings is 1. The number of benzene rings is 1. The van der Waals surface area contributed by atoms with Crippen molar-refractivity contribution in [1.29, 1.82) is 0 Å². The van der Waals surface area contributed by atoms with Crippen LogP contribution in [0.5, 0.6) is 0 Å². The Labute approximate surface area is 103 Å². The Kier molecular flexibility index (Phi) is 2.58. The van der Waals surface area contributed by atoms with Gasteiger partial charge in [-0.25, -0.2) is 4.98 Å². The van der Waals surface area contributed by atoms with Crippen molar-refractivity contribution in [1.82, 2.24) is 4.98 Å². The maximum Gasteiger partial charge on any atom is 0.184 e. The van der Waals surface area contributed by atoms with Gasteiger partial charge in [0.2, 0.25) is 0 Å². The van der Waals surface area contributed by atoms with Crippen molar-refractivity contribution >= 4 is 28.1 Å². The van der Waals surface area contributed by atoms with Gasteiger partial charge in [-0.05, 0) is 12.0 Å². The SMILES string of the molecule is Clc1csc(NC2CC2c2ccccc2)n1. The van der Waals surface area contributed by atoms with Gasteiger partial charge in [-0.2, -0.15) is 0 Å². The number of nitrogens with zero attached hydrogens (tertiary/aromatic N) is 1. The van der Waals surface area contributed by atoms with E-state index in [9.17, 15) is 0 Å². The molecule has 2 atom stereocenters. The molecule has 1 heterocycles. The molecule has 2 nitrogen and oxygen atoms in total. The summed E-state index contributed by atoms with van der Waals surface area (Å²) in [5.74, 6) is 0.629. The van der Waals surface area contributed by atoms with Crippen LogP contribution in [-0.4, -0.2) is 11.0 Å². The van der Waals surface area contributed by atoms with Crippen LogP contribution < -0.4 is 5.32 Å². The average Bonchev–Trinajstić information content (AvgIpc) is 2.95. The molecule has 2 aromatic rings. The van der Waals surface area contributed by atoms with E-state index in [2.05, 4.69) is 40.6 Å². The van der Waals surface area contributed by atoms with Gasteiger partial charge < -0.3 is 5.32 Å². The monoisotopic (exact) mass is 250 g/mol. The van der Waals surface area contributed by atoms with Crippen LogP contribution in [0.25, 0.3) is 0 Å². The Bertz CT molecular complexity index is 483. The van der Waals surface area contributed by atoms with Gasteiger partial charge in [-0.1, -0.05) is 41.9 Å². The number of hydrogen-bond donors (Lipinski definition) is 1. The molecular formula is C12H11ClN2S. The lowest BCUT2D eigenvalue weighted by Gasteiger charge is -2.01. The summed E-state index contributed by atoms with van der Waals surface area (Å²) in [6.45, 7) is 0. The van der Waals surface area contributed by atoms with Gasteiger partial charge in [0, 0.05) is 17.3 Å². The molecule has 1 aliphatic rings. The molecule has 3 rings (SSSR count). The van der Waals surface area contributed by atoms with Crippen LogP contribution >= 0.6 is 22.9 Å². The first kappa shape index (κ1) is 10.1. The Morgan fingerprint density at radius 3 is 2.81 bits per heavy atom. The number of nitrogens with one attached hydrogen (secondary N) is 1. The maximum atomic E-state index is 5.78. The minimum Gasteiger partial charge on any atom is -0.358 e. The van der Waals surface area contributed by atoms with Crippen molar-refractivity contribution in [2.45, 2.75) is 18.4 Å². The van der Waals surface area contributed by atoms with Gasteiger partial charge in [0.05, 0.1) is 0 Å². The minimum atomic E-state index is 0.518. The molecule has 0 amide bonds. The van der Waals surface area contributed by atoms with Crippen molar-refractivity contribution in [3.05, 3.63) is 46.4 Å². The third-order valence-corrected chi connectivity index (χ3v) is 3.90. The summed E-state index contributed by atoms with van der Waals surface area (Å²) in [6, 6.07) is 11.1. The molecule has 1 saturated carbocycles. The zero-order valence-electron chi connectivity index (χ0n) is 8.56. The molecule has 0 radical (unpaired) electrons. The fraction of sp³-hybridized carbons (Fsp3) is 0.250. The lowest BCUT2D eigenvalue weighted by Crippen LogP contribution is -2.03. The van der Waals surface area contributed by atoms with E-state index in [1.54, 1.807) is 11.3 Å². The van der Waals surface area contributed by atoms with E-state index in [0.717, 1.165) is 5.13 Å². The average molecular weight is 251 g/mol. The fourth-order valence-electron chi connectivity index (χ4n) is 1.90. The predicted octanol–water partition coefficient (Wildman–Crippen LogP) is 3.76. The van der Waals surface area contributed by atoms with E-state index in [0.29, 0.717) is 17.1 Å². The predicted molar refractivity (Wildman–Crippen MR) is 68.3 cm³/mol. The van der Waals surface area contributed by atoms with Gasteiger partial charge >= 0.3 is 0 Å². The summed E-state index contributed by atoms with van der Waals surface area (Å²) in [5, 5.41) is 6.76. The smallest absolute Gasteiger partial charge is 0.184 e. The molecule has 4 heteroatoms. The molecule has 1 fully saturated rings. The summed E-state index contributed by atoms with van der Waals surface area (Å²) >= 11 is 7.34. The summed E-state index contributed by atoms with van der Waals surface area (Å²) < 4.78 is 0. The number of anilines is 1. The zero-order valence-corrected chi connectivity index (χ0v) is 10.1. The fourth-order valence-corrected chi connectivity index (χ4v) is 2.80. The van der Waals surface area contributed by atoms with Crippen molar-refractivity contribution in [2.75, 3.05) is 5.32 Å². The Morgan fingerprint density at radius 1 is 1.31 bits per heavy atom. The van der Waals surface area contributed by atoms with E-state index in [4.69, 9.17) is 11.6 Å². The Morgan fingerprint density at radius 2 is 2.12 bits per heavy atom. The standard InChI is InChI=1S/C12H11ClN2S/c13-11-7-16-12(15-11)14-10-6-9(10)8-4-2-1-3-5-8/h1-5,7,9-10H,6H2,(H,14,15). The molecule has 0 spiro atoms. The van der Waals surface area contributed by atoms with Crippen molar-refractivity contribution in [3.8, 4) is 0 Å². The van der Waals surface area contributed by atoms with E-state index in [-0.39, 0.29) is 0 Å². The van der Waals surface area contributed by atoms with Gasteiger partial charge in [-0.15, -0.1) is 11.3 Å². The first-order chi connectivity index (χ1) is 7.83. The molecule has 0 bridgehead atoms. The lowest BCUT2D eigenvalue weighted by molar-refractivity contribution is 1.04. The van der Waals surface area contributed by atoms with E-state index in [1.165, 1.54) is 12.0 Å². The molecule has 2 unspecified atom stereocenters. The van der Waals surface area contributed by atoms with Gasteiger partial charge in [-0.3, -0.25) is 0 Å². The molecule has 1 N–H and O–H groups in total. The first-order valence-electron chi connectivity index (χ1n) is 5.25. The van der Waals surface area contributed by atoms with Crippen LogP contribution in [0.3, 0.4) is 0 Å². The minimum absolute atomic E-state index is 0.518. The number of hydrogen-bond acceptors (Lipinski definition) is 3. The van der Waals surface area contributed by atoms with Gasteiger partial charge in [0.25, 0.3) is 0 Å². The number of rotatable bonds is 3. The second-order valence-corrected chi connectivity index (χ2v) is 5.22. The Balaban J connectivity index is 1.65. The van der Waals surface area contributed by atoms with Crippen LogP contribution in [0.2, 0.25) is 5.15 Å². The van der Waals surface area contributed by atoms with Crippen molar-refractivity contribution in [2.24, 2.45) is 0 Å². The second kappa shape index (κ2) is 4.07. The summed E-state index contributed by atoms with van der Waals surface area (Å²) in [7, 11) is 0. The van der Waals surface area contributed by atoms with Crippen LogP contribution in [0, 0.1) is 0 Å². The van der Waals surface area contributed by atoms with Crippen LogP contribution in [0.4, 0.5) is 5.13 Å². The summed E-state index contributed by atoms with van der Waals surface area (Å²) in [5.41, 5.74) is 1.41. The van der Waals surface area contributed by atoms with Gasteiger partial charge in [0.1, 0.15) is 5.15 Å². The normalized spacial score (nSPS) is 23.1. The summed E-state index contributed by atoms with van der Waals surface area (Å²) in [4.78, 5) is 4.19. The highest BCUT2D eigenvalue weighted by Gasteiger charge is 2.38. The van der Waals surface area contributed by atoms with E-state index < -0.39 is 0 Å². The largest absolute Gasteiger partial charge is 0.358 e. The molecule has 1 aromatic carbocycles. The molecule has 0 aliphatic heterocycles. The number of aromatic nitrogens is 1. The molecule has 1 aromatic heterocycles. The van der Waals surface area contributed by atoms with Crippen LogP contribution in [-0.2, 0) is 0 Å². The highest BCUT2D eigenvalue weighted by atomic mass is 35.5. The Hall–Kier alpha value is -1.06. The lowest BCUT2D eigenvalue weighted by atomic mass is 10.1. The summed E-state index contributed by atoms with van der Waals surface area (Å²) in [6.07, 6.45) is 1.18. The van der Waals surface area contributed by atoms with Crippen molar-refractivity contribution < 1.29 is 0 Å². The highest BCUT2D eigenvalue weighted by Crippen LogP contribution is 2.43. The maximum absolute atomic E-state index is 5.78. The molecular weight excluding hydrogens is 240 g/mol. The second-order valence-electron chi connectivity index (χ2n) is 3.98. The van der Waals surface area contributed by atoms with E-state index in [1.807, 2.05) is 5.38 Å². The third-order valence-electron chi connectivity index (χ3n) is 2.80. The zero-order chi connectivity index (χ0) is 11.0.